The second-order valence-corrected chi connectivity index (χ2v) is 5.53. The van der Waals surface area contributed by atoms with E-state index >= 15 is 0 Å². The maximum Gasteiger partial charge on any atom is 0.0797 e. The number of hydrogen-bond acceptors (Lipinski definition) is 4. The Balaban J connectivity index is 0.00000144. The molecule has 1 aromatic rings. The van der Waals surface area contributed by atoms with Gasteiger partial charge in [0.2, 0.25) is 0 Å². The fourth-order valence-corrected chi connectivity index (χ4v) is 3.01. The van der Waals surface area contributed by atoms with Crippen molar-refractivity contribution in [3.8, 4) is 0 Å². The monoisotopic (exact) mass is 311 g/mol. The van der Waals surface area contributed by atoms with E-state index in [1.807, 2.05) is 5.51 Å². The molecular formula is C12H23Cl2N3S. The Kier molecular flexibility index (Phi) is 9.17. The molecule has 18 heavy (non-hydrogen) atoms. The van der Waals surface area contributed by atoms with Crippen molar-refractivity contribution in [3.05, 3.63) is 16.1 Å². The van der Waals surface area contributed by atoms with Gasteiger partial charge < -0.3 is 10.2 Å². The van der Waals surface area contributed by atoms with Gasteiger partial charge in [-0.25, -0.2) is 4.98 Å². The maximum absolute atomic E-state index is 4.29. The third kappa shape index (κ3) is 5.02. The van der Waals surface area contributed by atoms with E-state index in [2.05, 4.69) is 29.2 Å². The van der Waals surface area contributed by atoms with Crippen molar-refractivity contribution >= 4 is 36.2 Å². The van der Waals surface area contributed by atoms with Crippen molar-refractivity contribution < 1.29 is 0 Å². The van der Waals surface area contributed by atoms with Crippen molar-refractivity contribution in [2.45, 2.75) is 32.2 Å². The molecule has 0 saturated carbocycles. The molecule has 1 aliphatic heterocycles. The molecule has 106 valence electrons. The van der Waals surface area contributed by atoms with E-state index in [9.17, 15) is 0 Å². The molecule has 1 aliphatic rings. The maximum atomic E-state index is 4.29. The Hall–Kier alpha value is 0.130. The summed E-state index contributed by atoms with van der Waals surface area (Å²) in [5, 5.41) is 3.47. The quantitative estimate of drug-likeness (QED) is 0.926. The number of hydrogen-bond donors (Lipinski definition) is 1. The summed E-state index contributed by atoms with van der Waals surface area (Å²) in [5.74, 6) is 0. The van der Waals surface area contributed by atoms with Gasteiger partial charge in [-0.05, 0) is 39.8 Å². The Morgan fingerprint density at radius 3 is 2.83 bits per heavy atom. The Morgan fingerprint density at radius 2 is 2.28 bits per heavy atom. The number of rotatable bonds is 4. The minimum atomic E-state index is 0. The fraction of sp³-hybridized carbons (Fsp3) is 0.750. The fourth-order valence-electron chi connectivity index (χ4n) is 2.24. The second-order valence-electron chi connectivity index (χ2n) is 4.59. The molecule has 2 heterocycles. The van der Waals surface area contributed by atoms with Gasteiger partial charge in [0.25, 0.3) is 0 Å². The molecule has 6 heteroatoms. The molecule has 0 aromatic carbocycles. The first-order chi connectivity index (χ1) is 7.77. The number of nitrogens with zero attached hydrogens (tertiary/aromatic N) is 2. The summed E-state index contributed by atoms with van der Waals surface area (Å²) in [5.41, 5.74) is 3.16. The van der Waals surface area contributed by atoms with Crippen LogP contribution in [0.1, 0.15) is 23.4 Å². The molecule has 1 saturated heterocycles. The van der Waals surface area contributed by atoms with E-state index in [1.165, 1.54) is 30.0 Å². The zero-order chi connectivity index (χ0) is 11.4. The standard InChI is InChI=1S/C12H21N3S.2ClH/c1-10-12(16-9-14-10)5-7-15(2)11-4-3-6-13-8-11;;/h9,11,13H,3-8H2,1-2H3;2*1H. The van der Waals surface area contributed by atoms with Crippen LogP contribution in [0.15, 0.2) is 5.51 Å². The number of nitrogens with one attached hydrogen (secondary N) is 1. The average Bonchev–Trinajstić information content (AvgIpc) is 2.73. The Labute approximate surface area is 126 Å². The number of thiazole rings is 1. The lowest BCUT2D eigenvalue weighted by Gasteiger charge is -2.31. The van der Waals surface area contributed by atoms with Gasteiger partial charge in [0.15, 0.2) is 0 Å². The van der Waals surface area contributed by atoms with Crippen LogP contribution in [0, 0.1) is 6.92 Å². The van der Waals surface area contributed by atoms with Gasteiger partial charge in [-0.3, -0.25) is 0 Å². The van der Waals surface area contributed by atoms with Gasteiger partial charge in [-0.2, -0.15) is 0 Å². The highest BCUT2D eigenvalue weighted by Gasteiger charge is 2.17. The minimum absolute atomic E-state index is 0. The molecule has 3 nitrogen and oxygen atoms in total. The summed E-state index contributed by atoms with van der Waals surface area (Å²) < 4.78 is 0. The lowest BCUT2D eigenvalue weighted by atomic mass is 10.1. The van der Waals surface area contributed by atoms with Crippen molar-refractivity contribution in [2.75, 3.05) is 26.7 Å². The van der Waals surface area contributed by atoms with Crippen LogP contribution in [0.25, 0.3) is 0 Å². The summed E-state index contributed by atoms with van der Waals surface area (Å²) in [4.78, 5) is 8.23. The lowest BCUT2D eigenvalue weighted by molar-refractivity contribution is 0.205. The number of aryl methyl sites for hydroxylation is 1. The van der Waals surface area contributed by atoms with E-state index in [0.717, 1.165) is 25.6 Å². The third-order valence-electron chi connectivity index (χ3n) is 3.43. The average molecular weight is 312 g/mol. The highest BCUT2D eigenvalue weighted by molar-refractivity contribution is 7.09. The number of piperidine rings is 1. The van der Waals surface area contributed by atoms with E-state index < -0.39 is 0 Å². The van der Waals surface area contributed by atoms with Gasteiger partial charge >= 0.3 is 0 Å². The largest absolute Gasteiger partial charge is 0.315 e. The van der Waals surface area contributed by atoms with E-state index in [0.29, 0.717) is 0 Å². The smallest absolute Gasteiger partial charge is 0.0797 e. The van der Waals surface area contributed by atoms with Gasteiger partial charge in [0.05, 0.1) is 11.2 Å². The highest BCUT2D eigenvalue weighted by Crippen LogP contribution is 2.15. The number of aromatic nitrogens is 1. The van der Waals surface area contributed by atoms with Crippen molar-refractivity contribution in [1.82, 2.24) is 15.2 Å². The SMILES string of the molecule is Cc1ncsc1CCN(C)C1CCCNC1.Cl.Cl. The first-order valence-corrected chi connectivity index (χ1v) is 6.95. The minimum Gasteiger partial charge on any atom is -0.315 e. The zero-order valence-corrected chi connectivity index (χ0v) is 13.5. The molecule has 0 bridgehead atoms. The van der Waals surface area contributed by atoms with Crippen molar-refractivity contribution in [2.24, 2.45) is 0 Å². The molecule has 1 atom stereocenters. The van der Waals surface area contributed by atoms with Gasteiger partial charge in [0, 0.05) is 24.0 Å². The molecular weight excluding hydrogens is 289 g/mol. The summed E-state index contributed by atoms with van der Waals surface area (Å²) >= 11 is 1.78. The van der Waals surface area contributed by atoms with Crippen LogP contribution in [0.3, 0.4) is 0 Å². The first kappa shape index (κ1) is 18.1. The van der Waals surface area contributed by atoms with Crippen LogP contribution in [0.4, 0.5) is 0 Å². The highest BCUT2D eigenvalue weighted by atomic mass is 35.5. The molecule has 1 aromatic heterocycles. The zero-order valence-electron chi connectivity index (χ0n) is 11.0. The van der Waals surface area contributed by atoms with Crippen LogP contribution in [-0.4, -0.2) is 42.6 Å². The topological polar surface area (TPSA) is 28.2 Å². The van der Waals surface area contributed by atoms with Crippen LogP contribution < -0.4 is 5.32 Å². The molecule has 0 radical (unpaired) electrons. The molecule has 0 amide bonds. The normalized spacial score (nSPS) is 19.2. The van der Waals surface area contributed by atoms with Crippen molar-refractivity contribution in [3.63, 3.8) is 0 Å². The molecule has 1 unspecified atom stereocenters. The first-order valence-electron chi connectivity index (χ1n) is 6.07. The third-order valence-corrected chi connectivity index (χ3v) is 4.43. The molecule has 0 aliphatic carbocycles. The van der Waals surface area contributed by atoms with E-state index in [-0.39, 0.29) is 24.8 Å². The number of halogens is 2. The molecule has 1 fully saturated rings. The molecule has 2 rings (SSSR count). The van der Waals surface area contributed by atoms with Crippen molar-refractivity contribution in [1.29, 1.82) is 0 Å². The van der Waals surface area contributed by atoms with Crippen LogP contribution in [-0.2, 0) is 6.42 Å². The van der Waals surface area contributed by atoms with Crippen LogP contribution in [0.5, 0.6) is 0 Å². The predicted molar refractivity (Wildman–Crippen MR) is 83.6 cm³/mol. The summed E-state index contributed by atoms with van der Waals surface area (Å²) in [6.07, 6.45) is 3.79. The predicted octanol–water partition coefficient (Wildman–Crippen LogP) is 2.52. The van der Waals surface area contributed by atoms with E-state index in [4.69, 9.17) is 0 Å². The van der Waals surface area contributed by atoms with Gasteiger partial charge in [0.1, 0.15) is 0 Å². The lowest BCUT2D eigenvalue weighted by Crippen LogP contribution is -2.44. The Bertz CT molecular complexity index is 327. The summed E-state index contributed by atoms with van der Waals surface area (Å²) in [7, 11) is 2.24. The van der Waals surface area contributed by atoms with Crippen LogP contribution >= 0.6 is 36.2 Å². The van der Waals surface area contributed by atoms with Crippen LogP contribution in [0.2, 0.25) is 0 Å². The second kappa shape index (κ2) is 9.10. The molecule has 1 N–H and O–H groups in total. The number of likely N-dealkylation sites (N-methyl/N-ethyl adjacent to an activating group) is 1. The summed E-state index contributed by atoms with van der Waals surface area (Å²) in [6.45, 7) is 5.60. The van der Waals surface area contributed by atoms with Gasteiger partial charge in [-0.1, -0.05) is 0 Å². The molecule has 0 spiro atoms. The summed E-state index contributed by atoms with van der Waals surface area (Å²) in [6, 6.07) is 0.724. The Morgan fingerprint density at radius 1 is 1.50 bits per heavy atom. The van der Waals surface area contributed by atoms with E-state index in [1.54, 1.807) is 11.3 Å². The van der Waals surface area contributed by atoms with Gasteiger partial charge in [-0.15, -0.1) is 36.2 Å².